The second-order valence-electron chi connectivity index (χ2n) is 14.5. The Balaban J connectivity index is 1.11. The van der Waals surface area contributed by atoms with Crippen LogP contribution in [0, 0.1) is 11.8 Å². The molecule has 2 fully saturated rings. The number of nitrogens with zero attached hydrogens (tertiary/aromatic N) is 1. The fraction of sp³-hybridized carbons (Fsp3) is 0.386. The molecule has 56 heavy (non-hydrogen) atoms. The van der Waals surface area contributed by atoms with Gasteiger partial charge in [0.05, 0.1) is 37.2 Å². The number of rotatable bonds is 17. The van der Waals surface area contributed by atoms with Gasteiger partial charge in [0.2, 0.25) is 10.0 Å². The van der Waals surface area contributed by atoms with Gasteiger partial charge in [0, 0.05) is 36.1 Å². The first-order valence-corrected chi connectivity index (χ1v) is 20.8. The summed E-state index contributed by atoms with van der Waals surface area (Å²) in [4.78, 5) is 37.5. The molecular weight excluding hydrogens is 731 g/mol. The summed E-state index contributed by atoms with van der Waals surface area (Å²) in [6, 6.07) is 27.2. The number of aryl methyl sites for hydroxylation is 2. The van der Waals surface area contributed by atoms with E-state index >= 15 is 0 Å². The summed E-state index contributed by atoms with van der Waals surface area (Å²) in [6.45, 7) is 3.13. The quantitative estimate of drug-likeness (QED) is 0.103. The molecule has 0 saturated heterocycles. The zero-order valence-corrected chi connectivity index (χ0v) is 33.1. The molecule has 4 aromatic carbocycles. The summed E-state index contributed by atoms with van der Waals surface area (Å²) in [5, 5.41) is 6.49. The Morgan fingerprint density at radius 2 is 1.45 bits per heavy atom. The summed E-state index contributed by atoms with van der Waals surface area (Å²) in [5.74, 6) is 0.0489. The van der Waals surface area contributed by atoms with E-state index in [0.29, 0.717) is 56.0 Å². The van der Waals surface area contributed by atoms with Gasteiger partial charge in [-0.2, -0.15) is 4.31 Å². The highest BCUT2D eigenvalue weighted by molar-refractivity contribution is 7.89. The van der Waals surface area contributed by atoms with Crippen molar-refractivity contribution in [2.45, 2.75) is 75.8 Å². The highest BCUT2D eigenvalue weighted by Crippen LogP contribution is 2.33. The number of nitrogens with one attached hydrogen (secondary N) is 2. The van der Waals surface area contributed by atoms with Crippen LogP contribution in [0.5, 0.6) is 5.75 Å². The van der Waals surface area contributed by atoms with Gasteiger partial charge in [0.15, 0.2) is 0 Å². The second-order valence-corrected chi connectivity index (χ2v) is 16.4. The van der Waals surface area contributed by atoms with E-state index in [1.807, 2.05) is 42.5 Å². The van der Waals surface area contributed by atoms with Gasteiger partial charge < -0.3 is 24.8 Å². The zero-order valence-electron chi connectivity index (χ0n) is 32.3. The van der Waals surface area contributed by atoms with Gasteiger partial charge in [0.1, 0.15) is 5.75 Å². The smallest absolute Gasteiger partial charge is 0.337 e. The molecule has 0 spiro atoms. The van der Waals surface area contributed by atoms with E-state index in [4.69, 9.17) is 14.2 Å². The van der Waals surface area contributed by atoms with E-state index in [2.05, 4.69) is 22.8 Å². The Kier molecular flexibility index (Phi) is 13.5. The Labute approximate surface area is 329 Å². The number of esters is 2. The lowest BCUT2D eigenvalue weighted by molar-refractivity contribution is -0.146. The van der Waals surface area contributed by atoms with Crippen LogP contribution >= 0.6 is 0 Å². The molecule has 0 bridgehead atoms. The number of anilines is 2. The lowest BCUT2D eigenvalue weighted by atomic mass is 9.86. The fourth-order valence-corrected chi connectivity index (χ4v) is 8.89. The van der Waals surface area contributed by atoms with Gasteiger partial charge in [-0.1, -0.05) is 37.3 Å². The summed E-state index contributed by atoms with van der Waals surface area (Å²) in [7, 11) is -1.17. The first-order chi connectivity index (χ1) is 27.1. The predicted octanol–water partition coefficient (Wildman–Crippen LogP) is 7.65. The molecule has 6 rings (SSSR count). The van der Waals surface area contributed by atoms with Gasteiger partial charge in [-0.05, 0) is 135 Å². The number of carbonyl (C=O) groups excluding carboxylic acids is 3. The molecule has 1 amide bonds. The highest BCUT2D eigenvalue weighted by atomic mass is 32.2. The maximum atomic E-state index is 13.9. The van der Waals surface area contributed by atoms with Crippen molar-refractivity contribution in [1.29, 1.82) is 0 Å². The number of ether oxygens (including phenoxy) is 3. The normalized spacial score (nSPS) is 16.9. The first kappa shape index (κ1) is 40.5. The van der Waals surface area contributed by atoms with E-state index in [1.165, 1.54) is 49.1 Å². The van der Waals surface area contributed by atoms with E-state index in [-0.39, 0.29) is 40.9 Å². The van der Waals surface area contributed by atoms with E-state index in [9.17, 15) is 22.8 Å². The van der Waals surface area contributed by atoms with E-state index in [1.54, 1.807) is 31.2 Å². The monoisotopic (exact) mass is 781 g/mol. The van der Waals surface area contributed by atoms with Gasteiger partial charge in [-0.15, -0.1) is 0 Å². The number of amides is 1. The molecule has 0 aromatic heterocycles. The average Bonchev–Trinajstić information content (AvgIpc) is 4.07. The van der Waals surface area contributed by atoms with Crippen LogP contribution < -0.4 is 15.4 Å². The lowest BCUT2D eigenvalue weighted by Gasteiger charge is -2.34. The maximum absolute atomic E-state index is 13.9. The minimum Gasteiger partial charge on any atom is -0.493 e. The summed E-state index contributed by atoms with van der Waals surface area (Å²) < 4.78 is 45.1. The molecule has 2 saturated carbocycles. The zero-order chi connectivity index (χ0) is 39.7. The van der Waals surface area contributed by atoms with E-state index in [0.717, 1.165) is 35.4 Å². The molecule has 2 aliphatic rings. The van der Waals surface area contributed by atoms with Crippen LogP contribution in [0.1, 0.15) is 82.9 Å². The summed E-state index contributed by atoms with van der Waals surface area (Å²) in [6.07, 6.45) is 6.25. The first-order valence-electron chi connectivity index (χ1n) is 19.3. The highest BCUT2D eigenvalue weighted by Gasteiger charge is 2.35. The molecule has 296 valence electrons. The molecule has 4 aromatic rings. The molecule has 2 N–H and O–H groups in total. The molecule has 0 unspecified atom stereocenters. The number of benzene rings is 4. The van der Waals surface area contributed by atoms with Crippen LogP contribution in [0.15, 0.2) is 95.9 Å². The molecule has 0 atom stereocenters. The Hall–Kier alpha value is -5.20. The Morgan fingerprint density at radius 3 is 2.07 bits per heavy atom. The Bertz CT molecular complexity index is 2090. The van der Waals surface area contributed by atoms with Crippen LogP contribution in [0.2, 0.25) is 0 Å². The molecule has 0 aliphatic heterocycles. The van der Waals surface area contributed by atoms with Gasteiger partial charge in [0.25, 0.3) is 5.91 Å². The third-order valence-corrected chi connectivity index (χ3v) is 12.7. The summed E-state index contributed by atoms with van der Waals surface area (Å²) >= 11 is 0. The van der Waals surface area contributed by atoms with Crippen LogP contribution in [0.3, 0.4) is 0 Å². The minimum absolute atomic E-state index is 0.0488. The van der Waals surface area contributed by atoms with Gasteiger partial charge >= 0.3 is 11.9 Å². The van der Waals surface area contributed by atoms with Crippen molar-refractivity contribution >= 4 is 39.2 Å². The van der Waals surface area contributed by atoms with Crippen molar-refractivity contribution in [3.8, 4) is 5.75 Å². The second kappa shape index (κ2) is 18.6. The van der Waals surface area contributed by atoms with Gasteiger partial charge in [-0.3, -0.25) is 9.59 Å². The SMILES string of the molecule is CCN([C@H]1CC[C@H](C(=O)OC)CC1)S(=O)(=O)c1cccc(C(=O)Nc2ccc(OCC3CC3)cc2CNc2ccc(CCc3ccc(C(=O)OC)cc3)cc2)c1. The van der Waals surface area contributed by atoms with Crippen molar-refractivity contribution in [1.82, 2.24) is 4.31 Å². The van der Waals surface area contributed by atoms with Crippen molar-refractivity contribution in [2.75, 3.05) is 38.0 Å². The number of sulfonamides is 1. The molecule has 0 heterocycles. The van der Waals surface area contributed by atoms with Crippen LogP contribution in [0.25, 0.3) is 0 Å². The molecule has 0 radical (unpaired) electrons. The minimum atomic E-state index is -3.92. The number of methoxy groups -OCH3 is 2. The van der Waals surface area contributed by atoms with Crippen LogP contribution in [-0.4, -0.2) is 64.0 Å². The Morgan fingerprint density at radius 1 is 0.768 bits per heavy atom. The van der Waals surface area contributed by atoms with Crippen molar-refractivity contribution in [2.24, 2.45) is 11.8 Å². The lowest BCUT2D eigenvalue weighted by Crippen LogP contribution is -2.43. The average molecular weight is 782 g/mol. The van der Waals surface area contributed by atoms with Crippen molar-refractivity contribution in [3.63, 3.8) is 0 Å². The van der Waals surface area contributed by atoms with Crippen LogP contribution in [-0.2, 0) is 43.7 Å². The largest absolute Gasteiger partial charge is 0.493 e. The summed E-state index contributed by atoms with van der Waals surface area (Å²) in [5.41, 5.74) is 5.37. The number of hydrogen-bond acceptors (Lipinski definition) is 9. The molecule has 11 nitrogen and oxygen atoms in total. The standard InChI is InChI=1S/C44H51N3O8S/c1-4-47(38-22-18-34(19-23-38)44(50)54-3)56(51,52)40-7-5-6-35(27-40)42(48)46-41-25-24-39(55-29-32-10-11-32)26-36(41)28-45-37-20-14-31(15-21-37)9-8-30-12-16-33(17-13-30)43(49)53-2/h5-7,12-17,20-21,24-27,32,34,38,45H,4,8-11,18-19,22-23,28-29H2,1-3H3,(H,46,48)/t34-,38-. The van der Waals surface area contributed by atoms with Gasteiger partial charge in [-0.25, -0.2) is 13.2 Å². The topological polar surface area (TPSA) is 140 Å². The molecule has 12 heteroatoms. The molecule has 2 aliphatic carbocycles. The fourth-order valence-electron chi connectivity index (χ4n) is 7.15. The van der Waals surface area contributed by atoms with Crippen molar-refractivity contribution in [3.05, 3.63) is 119 Å². The predicted molar refractivity (Wildman–Crippen MR) is 215 cm³/mol. The third-order valence-electron chi connectivity index (χ3n) is 10.7. The third kappa shape index (κ3) is 10.3. The molecular formula is C44H51N3O8S. The number of hydrogen-bond donors (Lipinski definition) is 2. The number of carbonyl (C=O) groups is 3. The van der Waals surface area contributed by atoms with E-state index < -0.39 is 15.9 Å². The van der Waals surface area contributed by atoms with Crippen LogP contribution in [0.4, 0.5) is 11.4 Å². The van der Waals surface area contributed by atoms with Crippen molar-refractivity contribution < 1.29 is 37.0 Å². The maximum Gasteiger partial charge on any atom is 0.337 e.